The first-order valence-electron chi connectivity index (χ1n) is 10.6. The van der Waals surface area contributed by atoms with Crippen molar-refractivity contribution in [3.8, 4) is 0 Å². The van der Waals surface area contributed by atoms with Crippen molar-refractivity contribution in [1.29, 1.82) is 0 Å². The molecule has 3 heterocycles. The van der Waals surface area contributed by atoms with Gasteiger partial charge in [-0.2, -0.15) is 0 Å². The number of rotatable bonds is 5. The number of nitrogens with zero attached hydrogens (tertiary/aromatic N) is 1. The Morgan fingerprint density at radius 1 is 1.16 bits per heavy atom. The van der Waals surface area contributed by atoms with Crippen molar-refractivity contribution in [3.63, 3.8) is 0 Å². The molecule has 32 heavy (non-hydrogen) atoms. The van der Waals surface area contributed by atoms with E-state index in [4.69, 9.17) is 0 Å². The molecule has 2 fully saturated rings. The highest BCUT2D eigenvalue weighted by molar-refractivity contribution is 6.24. The second kappa shape index (κ2) is 7.85. The number of benzene rings is 1. The summed E-state index contributed by atoms with van der Waals surface area (Å²) in [5.74, 6) is -3.08. The van der Waals surface area contributed by atoms with Crippen LogP contribution in [0.1, 0.15) is 60.2 Å². The minimum Gasteiger partial charge on any atom is -0.355 e. The summed E-state index contributed by atoms with van der Waals surface area (Å²) in [6.07, 6.45) is 0.857. The molecule has 1 aromatic carbocycles. The highest BCUT2D eigenvalue weighted by Gasteiger charge is 2.49. The second-order valence-electron chi connectivity index (χ2n) is 8.85. The van der Waals surface area contributed by atoms with E-state index in [1.54, 1.807) is 0 Å². The molecular formula is C22H24N4O6. The predicted octanol–water partition coefficient (Wildman–Crippen LogP) is 0.579. The van der Waals surface area contributed by atoms with Crippen LogP contribution >= 0.6 is 0 Å². The molecule has 3 aliphatic heterocycles. The van der Waals surface area contributed by atoms with Crippen LogP contribution in [0.2, 0.25) is 0 Å². The van der Waals surface area contributed by atoms with Crippen LogP contribution in [-0.4, -0.2) is 52.9 Å². The van der Waals surface area contributed by atoms with E-state index >= 15 is 0 Å². The van der Waals surface area contributed by atoms with Crippen molar-refractivity contribution in [2.24, 2.45) is 11.3 Å². The molecule has 10 nitrogen and oxygen atoms in total. The number of carbonyl (C=O) groups is 6. The third kappa shape index (κ3) is 3.45. The van der Waals surface area contributed by atoms with Gasteiger partial charge in [-0.1, -0.05) is 13.8 Å². The predicted molar refractivity (Wildman–Crippen MR) is 111 cm³/mol. The number of anilines is 1. The Morgan fingerprint density at radius 2 is 1.88 bits per heavy atom. The van der Waals surface area contributed by atoms with Gasteiger partial charge in [-0.3, -0.25) is 39.0 Å². The number of imide groups is 2. The lowest BCUT2D eigenvalue weighted by Gasteiger charge is -2.27. The minimum atomic E-state index is -1.19. The third-order valence-electron chi connectivity index (χ3n) is 6.16. The van der Waals surface area contributed by atoms with E-state index in [0.717, 1.165) is 4.90 Å². The lowest BCUT2D eigenvalue weighted by atomic mass is 9.77. The van der Waals surface area contributed by atoms with Gasteiger partial charge in [-0.15, -0.1) is 0 Å². The van der Waals surface area contributed by atoms with Crippen LogP contribution in [-0.2, 0) is 19.2 Å². The van der Waals surface area contributed by atoms with Gasteiger partial charge in [0.25, 0.3) is 11.8 Å². The van der Waals surface area contributed by atoms with Gasteiger partial charge in [0, 0.05) is 18.7 Å². The topological polar surface area (TPSA) is 142 Å². The number of fused-ring (bicyclic) bond motifs is 1. The number of piperidine rings is 1. The van der Waals surface area contributed by atoms with Crippen molar-refractivity contribution in [2.45, 2.75) is 45.6 Å². The van der Waals surface area contributed by atoms with Gasteiger partial charge in [0.15, 0.2) is 0 Å². The molecule has 0 spiro atoms. The van der Waals surface area contributed by atoms with E-state index in [0.29, 0.717) is 19.4 Å². The zero-order chi connectivity index (χ0) is 23.2. The van der Waals surface area contributed by atoms with Crippen LogP contribution in [0.15, 0.2) is 18.2 Å². The standard InChI is InChI=1S/C22H24N4O6/c1-11(2)10-22(7-8-23-20(22)31)21(32)24-12-3-4-13-14(9-12)19(30)26(18(13)29)15-5-6-16(27)25-17(15)28/h3-4,9,11,15H,5-8,10H2,1-2H3,(H,23,31)(H,24,32)(H,25,27,28). The molecule has 3 N–H and O–H groups in total. The van der Waals surface area contributed by atoms with Gasteiger partial charge in [0.05, 0.1) is 11.1 Å². The molecule has 2 unspecified atom stereocenters. The summed E-state index contributed by atoms with van der Waals surface area (Å²) in [5, 5.41) is 7.60. The van der Waals surface area contributed by atoms with Crippen molar-refractivity contribution in [3.05, 3.63) is 29.3 Å². The summed E-state index contributed by atoms with van der Waals surface area (Å²) in [4.78, 5) is 75.8. The van der Waals surface area contributed by atoms with E-state index in [-0.39, 0.29) is 41.5 Å². The summed E-state index contributed by atoms with van der Waals surface area (Å²) in [5.41, 5.74) is -0.728. The fourth-order valence-electron chi connectivity index (χ4n) is 4.67. The highest BCUT2D eigenvalue weighted by atomic mass is 16.2. The molecule has 4 rings (SSSR count). The minimum absolute atomic E-state index is 0.0329. The van der Waals surface area contributed by atoms with Gasteiger partial charge in [0.1, 0.15) is 11.5 Å². The maximum atomic E-state index is 13.1. The number of hydrogen-bond donors (Lipinski definition) is 3. The Balaban J connectivity index is 1.58. The summed E-state index contributed by atoms with van der Waals surface area (Å²) in [7, 11) is 0. The fraction of sp³-hybridized carbons (Fsp3) is 0.455. The van der Waals surface area contributed by atoms with Crippen LogP contribution in [0.5, 0.6) is 0 Å². The number of amides is 6. The van der Waals surface area contributed by atoms with Crippen molar-refractivity contribution in [2.75, 3.05) is 11.9 Å². The summed E-state index contributed by atoms with van der Waals surface area (Å²) in [6, 6.07) is 3.23. The van der Waals surface area contributed by atoms with Crippen molar-refractivity contribution >= 4 is 41.1 Å². The van der Waals surface area contributed by atoms with Crippen LogP contribution in [0.3, 0.4) is 0 Å². The largest absolute Gasteiger partial charge is 0.355 e. The third-order valence-corrected chi connectivity index (χ3v) is 6.16. The van der Waals surface area contributed by atoms with E-state index in [2.05, 4.69) is 16.0 Å². The Hall–Kier alpha value is -3.56. The molecule has 1 aromatic rings. The lowest BCUT2D eigenvalue weighted by molar-refractivity contribution is -0.139. The SMILES string of the molecule is CC(C)CC1(C(=O)Nc2ccc3c(c2)C(=O)N(C2CCC(=O)NC2=O)C3=O)CCNC1=O. The molecular weight excluding hydrogens is 416 g/mol. The normalized spacial score (nSPS) is 25.2. The molecule has 0 saturated carbocycles. The quantitative estimate of drug-likeness (QED) is 0.452. The summed E-state index contributed by atoms with van der Waals surface area (Å²) >= 11 is 0. The second-order valence-corrected chi connectivity index (χ2v) is 8.85. The molecule has 0 radical (unpaired) electrons. The monoisotopic (exact) mass is 440 g/mol. The van der Waals surface area contributed by atoms with E-state index in [9.17, 15) is 28.8 Å². The highest BCUT2D eigenvalue weighted by Crippen LogP contribution is 2.36. The van der Waals surface area contributed by atoms with Gasteiger partial charge >= 0.3 is 0 Å². The fourth-order valence-corrected chi connectivity index (χ4v) is 4.67. The zero-order valence-corrected chi connectivity index (χ0v) is 17.8. The maximum Gasteiger partial charge on any atom is 0.262 e. The van der Waals surface area contributed by atoms with E-state index in [1.165, 1.54) is 18.2 Å². The van der Waals surface area contributed by atoms with E-state index in [1.807, 2.05) is 13.8 Å². The Kier molecular flexibility index (Phi) is 5.31. The summed E-state index contributed by atoms with van der Waals surface area (Å²) < 4.78 is 0. The van der Waals surface area contributed by atoms with Gasteiger partial charge in [-0.25, -0.2) is 0 Å². The zero-order valence-electron chi connectivity index (χ0n) is 17.8. The lowest BCUT2D eigenvalue weighted by Crippen LogP contribution is -2.54. The van der Waals surface area contributed by atoms with Crippen LogP contribution in [0.4, 0.5) is 5.69 Å². The maximum absolute atomic E-state index is 13.1. The molecule has 0 bridgehead atoms. The molecule has 2 atom stereocenters. The van der Waals surface area contributed by atoms with Crippen LogP contribution < -0.4 is 16.0 Å². The molecule has 0 aliphatic carbocycles. The molecule has 2 saturated heterocycles. The Labute approximate surface area is 184 Å². The van der Waals surface area contributed by atoms with Gasteiger partial charge in [-0.05, 0) is 43.4 Å². The summed E-state index contributed by atoms with van der Waals surface area (Å²) in [6.45, 7) is 4.28. The Morgan fingerprint density at radius 3 is 2.50 bits per heavy atom. The molecule has 168 valence electrons. The van der Waals surface area contributed by atoms with Crippen LogP contribution in [0.25, 0.3) is 0 Å². The van der Waals surface area contributed by atoms with E-state index < -0.39 is 41.0 Å². The first-order valence-corrected chi connectivity index (χ1v) is 10.6. The number of carbonyl (C=O) groups excluding carboxylic acids is 6. The first kappa shape index (κ1) is 21.7. The van der Waals surface area contributed by atoms with Crippen molar-refractivity contribution < 1.29 is 28.8 Å². The number of hydrogen-bond acceptors (Lipinski definition) is 6. The molecule has 6 amide bonds. The number of nitrogens with one attached hydrogen (secondary N) is 3. The first-order chi connectivity index (χ1) is 15.1. The average molecular weight is 440 g/mol. The van der Waals surface area contributed by atoms with Gasteiger partial charge < -0.3 is 10.6 Å². The molecule has 0 aromatic heterocycles. The molecule has 10 heteroatoms. The van der Waals surface area contributed by atoms with Crippen LogP contribution in [0, 0.1) is 11.3 Å². The average Bonchev–Trinajstić information content (AvgIpc) is 3.20. The van der Waals surface area contributed by atoms with Gasteiger partial charge in [0.2, 0.25) is 23.6 Å². The Bertz CT molecular complexity index is 1060. The smallest absolute Gasteiger partial charge is 0.262 e. The molecule has 3 aliphatic rings. The van der Waals surface area contributed by atoms with Crippen molar-refractivity contribution in [1.82, 2.24) is 15.5 Å².